The fourth-order valence-electron chi connectivity index (χ4n) is 2.56. The van der Waals surface area contributed by atoms with Gasteiger partial charge in [0.25, 0.3) is 10.0 Å². The number of ether oxygens (including phenoxy) is 1. The Labute approximate surface area is 180 Å². The summed E-state index contributed by atoms with van der Waals surface area (Å²) in [5, 5.41) is 0. The van der Waals surface area contributed by atoms with Crippen molar-refractivity contribution in [3.63, 3.8) is 0 Å². The van der Waals surface area contributed by atoms with Crippen molar-refractivity contribution in [3.05, 3.63) is 76.6 Å². The van der Waals surface area contributed by atoms with E-state index in [0.29, 0.717) is 29.0 Å². The molecule has 0 saturated carbocycles. The third-order valence-electron chi connectivity index (χ3n) is 3.81. The molecule has 148 valence electrons. The van der Waals surface area contributed by atoms with Gasteiger partial charge in [-0.25, -0.2) is 13.4 Å². The summed E-state index contributed by atoms with van der Waals surface area (Å²) in [4.78, 5) is 8.70. The summed E-state index contributed by atoms with van der Waals surface area (Å²) >= 11 is 4.42. The fourth-order valence-corrected chi connectivity index (χ4v) is 5.62. The molecule has 4 aromatic rings. The number of anilines is 1. The molecule has 0 unspecified atom stereocenters. The Kier molecular flexibility index (Phi) is 5.39. The summed E-state index contributed by atoms with van der Waals surface area (Å²) in [5.41, 5.74) is 0.439. The number of thiophene rings is 1. The van der Waals surface area contributed by atoms with Gasteiger partial charge in [-0.2, -0.15) is 4.98 Å². The van der Waals surface area contributed by atoms with Gasteiger partial charge in [0, 0.05) is 24.1 Å². The number of hydrogen-bond donors (Lipinski definition) is 1. The number of rotatable bonds is 6. The van der Waals surface area contributed by atoms with Crippen LogP contribution in [0, 0.1) is 6.92 Å². The molecule has 0 bridgehead atoms. The summed E-state index contributed by atoms with van der Waals surface area (Å²) < 4.78 is 36.0. The highest BCUT2D eigenvalue weighted by atomic mass is 79.9. The van der Waals surface area contributed by atoms with Gasteiger partial charge in [-0.15, -0.1) is 11.3 Å². The maximum atomic E-state index is 12.4. The molecule has 7 nitrogen and oxygen atoms in total. The predicted molar refractivity (Wildman–Crippen MR) is 115 cm³/mol. The second kappa shape index (κ2) is 7.97. The SMILES string of the molecule is Cc1nc(Oc2ccc(NS(=O)(=O)c3ccc(Br)s3)cc2)cc(-n2cccc2)n1. The molecule has 1 aromatic carbocycles. The molecule has 10 heteroatoms. The van der Waals surface area contributed by atoms with Gasteiger partial charge in [-0.05, 0) is 71.4 Å². The van der Waals surface area contributed by atoms with Gasteiger partial charge in [-0.3, -0.25) is 4.72 Å². The maximum absolute atomic E-state index is 12.4. The number of nitrogens with one attached hydrogen (secondary N) is 1. The monoisotopic (exact) mass is 490 g/mol. The zero-order valence-electron chi connectivity index (χ0n) is 15.1. The predicted octanol–water partition coefficient (Wildman–Crippen LogP) is 4.99. The third kappa shape index (κ3) is 4.66. The van der Waals surface area contributed by atoms with Crippen molar-refractivity contribution < 1.29 is 13.2 Å². The van der Waals surface area contributed by atoms with E-state index < -0.39 is 10.0 Å². The van der Waals surface area contributed by atoms with Gasteiger partial charge in [0.15, 0.2) is 0 Å². The first-order valence-electron chi connectivity index (χ1n) is 8.44. The quantitative estimate of drug-likeness (QED) is 0.411. The minimum absolute atomic E-state index is 0.235. The Hall–Kier alpha value is -2.69. The van der Waals surface area contributed by atoms with E-state index in [1.807, 2.05) is 29.1 Å². The molecule has 4 rings (SSSR count). The minimum Gasteiger partial charge on any atom is -0.439 e. The van der Waals surface area contributed by atoms with Gasteiger partial charge >= 0.3 is 0 Å². The average molecular weight is 491 g/mol. The highest BCUT2D eigenvalue weighted by Crippen LogP contribution is 2.28. The second-order valence-electron chi connectivity index (χ2n) is 5.99. The lowest BCUT2D eigenvalue weighted by molar-refractivity contribution is 0.459. The van der Waals surface area contributed by atoms with Crippen molar-refractivity contribution >= 4 is 43.0 Å². The largest absolute Gasteiger partial charge is 0.439 e. The van der Waals surface area contributed by atoms with Gasteiger partial charge < -0.3 is 9.30 Å². The van der Waals surface area contributed by atoms with Crippen LogP contribution < -0.4 is 9.46 Å². The second-order valence-corrected chi connectivity index (χ2v) is 10.4. The molecule has 0 atom stereocenters. The number of benzene rings is 1. The van der Waals surface area contributed by atoms with Crippen LogP contribution in [0.2, 0.25) is 0 Å². The van der Waals surface area contributed by atoms with Gasteiger partial charge in [0.05, 0.1) is 3.79 Å². The van der Waals surface area contributed by atoms with Crippen LogP contribution in [0.25, 0.3) is 5.82 Å². The summed E-state index contributed by atoms with van der Waals surface area (Å²) in [7, 11) is -3.63. The number of hydrogen-bond acceptors (Lipinski definition) is 6. The van der Waals surface area contributed by atoms with Crippen LogP contribution in [-0.2, 0) is 10.0 Å². The van der Waals surface area contributed by atoms with E-state index in [9.17, 15) is 8.42 Å². The van der Waals surface area contributed by atoms with Crippen molar-refractivity contribution in [1.82, 2.24) is 14.5 Å². The zero-order valence-corrected chi connectivity index (χ0v) is 18.3. The lowest BCUT2D eigenvalue weighted by Gasteiger charge is -2.10. The molecule has 0 saturated heterocycles. The van der Waals surface area contributed by atoms with Crippen molar-refractivity contribution in [3.8, 4) is 17.4 Å². The first kappa shape index (κ1) is 19.6. The lowest BCUT2D eigenvalue weighted by atomic mass is 10.3. The molecule has 0 aliphatic rings. The number of aromatic nitrogens is 3. The molecular weight excluding hydrogens is 476 g/mol. The van der Waals surface area contributed by atoms with Gasteiger partial charge in [-0.1, -0.05) is 0 Å². The summed E-state index contributed by atoms with van der Waals surface area (Å²) in [6, 6.07) is 15.4. The van der Waals surface area contributed by atoms with Gasteiger partial charge in [0.1, 0.15) is 21.6 Å². The average Bonchev–Trinajstić information content (AvgIpc) is 3.35. The molecule has 3 aromatic heterocycles. The molecule has 1 N–H and O–H groups in total. The maximum Gasteiger partial charge on any atom is 0.271 e. The molecule has 0 aliphatic carbocycles. The molecular formula is C19H15BrN4O3S2. The molecule has 0 amide bonds. The Balaban J connectivity index is 1.50. The standard InChI is InChI=1S/C19H15BrN4O3S2/c1-13-21-17(24-10-2-3-11-24)12-18(22-13)27-15-6-4-14(5-7-15)23-29(25,26)19-9-8-16(20)28-19/h2-12,23H,1H3. The topological polar surface area (TPSA) is 86.1 Å². The molecule has 0 aliphatic heterocycles. The number of aryl methyl sites for hydroxylation is 1. The number of nitrogens with zero attached hydrogens (tertiary/aromatic N) is 3. The Morgan fingerprint density at radius 2 is 1.79 bits per heavy atom. The van der Waals surface area contributed by atoms with E-state index in [1.54, 1.807) is 49.4 Å². The van der Waals surface area contributed by atoms with Crippen LogP contribution in [0.1, 0.15) is 5.82 Å². The van der Waals surface area contributed by atoms with Crippen LogP contribution in [0.3, 0.4) is 0 Å². The fraction of sp³-hybridized carbons (Fsp3) is 0.0526. The normalized spacial score (nSPS) is 11.4. The summed E-state index contributed by atoms with van der Waals surface area (Å²) in [6.45, 7) is 1.79. The Bertz CT molecular complexity index is 1240. The van der Waals surface area contributed by atoms with Crippen molar-refractivity contribution in [2.24, 2.45) is 0 Å². The Morgan fingerprint density at radius 3 is 2.45 bits per heavy atom. The number of sulfonamides is 1. The van der Waals surface area contributed by atoms with Crippen LogP contribution in [0.15, 0.2) is 75.0 Å². The van der Waals surface area contributed by atoms with Crippen molar-refractivity contribution in [2.45, 2.75) is 11.1 Å². The third-order valence-corrected chi connectivity index (χ3v) is 7.31. The van der Waals surface area contributed by atoms with Crippen molar-refractivity contribution in [1.29, 1.82) is 0 Å². The minimum atomic E-state index is -3.63. The van der Waals surface area contributed by atoms with Gasteiger partial charge in [0.2, 0.25) is 5.88 Å². The van der Waals surface area contributed by atoms with E-state index in [2.05, 4.69) is 30.6 Å². The van der Waals surface area contributed by atoms with E-state index in [1.165, 1.54) is 0 Å². The summed E-state index contributed by atoms with van der Waals surface area (Å²) in [5.74, 6) is 2.21. The van der Waals surface area contributed by atoms with E-state index in [4.69, 9.17) is 4.74 Å². The van der Waals surface area contributed by atoms with Crippen LogP contribution in [0.4, 0.5) is 5.69 Å². The van der Waals surface area contributed by atoms with E-state index in [-0.39, 0.29) is 4.21 Å². The highest BCUT2D eigenvalue weighted by molar-refractivity contribution is 9.11. The smallest absolute Gasteiger partial charge is 0.271 e. The van der Waals surface area contributed by atoms with Crippen molar-refractivity contribution in [2.75, 3.05) is 4.72 Å². The lowest BCUT2D eigenvalue weighted by Crippen LogP contribution is -2.11. The molecule has 3 heterocycles. The number of halogens is 1. The van der Waals surface area contributed by atoms with E-state index in [0.717, 1.165) is 15.1 Å². The Morgan fingerprint density at radius 1 is 1.07 bits per heavy atom. The molecule has 0 radical (unpaired) electrons. The molecule has 0 spiro atoms. The first-order chi connectivity index (χ1) is 13.9. The molecule has 0 fully saturated rings. The highest BCUT2D eigenvalue weighted by Gasteiger charge is 2.16. The van der Waals surface area contributed by atoms with Crippen LogP contribution in [-0.4, -0.2) is 23.0 Å². The van der Waals surface area contributed by atoms with Crippen LogP contribution in [0.5, 0.6) is 11.6 Å². The summed E-state index contributed by atoms with van der Waals surface area (Å²) in [6.07, 6.45) is 3.77. The first-order valence-corrected chi connectivity index (χ1v) is 11.5. The van der Waals surface area contributed by atoms with E-state index >= 15 is 0 Å². The molecule has 29 heavy (non-hydrogen) atoms. The van der Waals surface area contributed by atoms with Crippen LogP contribution >= 0.6 is 27.3 Å². The zero-order chi connectivity index (χ0) is 20.4.